The van der Waals surface area contributed by atoms with Crippen molar-refractivity contribution in [3.05, 3.63) is 65.2 Å². The van der Waals surface area contributed by atoms with Gasteiger partial charge < -0.3 is 10.6 Å². The van der Waals surface area contributed by atoms with Crippen LogP contribution < -0.4 is 10.6 Å². The van der Waals surface area contributed by atoms with Gasteiger partial charge in [-0.15, -0.1) is 0 Å². The molecule has 2 N–H and O–H groups in total. The first-order valence-corrected chi connectivity index (χ1v) is 6.73. The maximum atomic E-state index is 11.8. The van der Waals surface area contributed by atoms with Crippen LogP contribution >= 0.6 is 0 Å². The van der Waals surface area contributed by atoms with Gasteiger partial charge in [-0.3, -0.25) is 4.79 Å². The van der Waals surface area contributed by atoms with Crippen molar-refractivity contribution in [2.24, 2.45) is 0 Å². The van der Waals surface area contributed by atoms with E-state index in [2.05, 4.69) is 10.6 Å². The molecule has 0 fully saturated rings. The highest BCUT2D eigenvalue weighted by atomic mass is 16.1. The minimum absolute atomic E-state index is 0.105. The lowest BCUT2D eigenvalue weighted by molar-refractivity contribution is -0.115. The smallest absolute Gasteiger partial charge is 0.238 e. The SMILES string of the molecule is Cc1ccc(CNCC(=O)Nc2ccc(C#N)cc2)cc1. The quantitative estimate of drug-likeness (QED) is 0.884. The molecule has 0 aliphatic heterocycles. The third kappa shape index (κ3) is 4.75. The fourth-order valence-corrected chi connectivity index (χ4v) is 1.86. The van der Waals surface area contributed by atoms with Gasteiger partial charge in [-0.25, -0.2) is 0 Å². The third-order valence-corrected chi connectivity index (χ3v) is 3.03. The minimum Gasteiger partial charge on any atom is -0.325 e. The van der Waals surface area contributed by atoms with Gasteiger partial charge >= 0.3 is 0 Å². The second-order valence-corrected chi connectivity index (χ2v) is 4.83. The molecule has 4 nitrogen and oxygen atoms in total. The number of nitrogens with zero attached hydrogens (tertiary/aromatic N) is 1. The van der Waals surface area contributed by atoms with E-state index in [0.717, 1.165) is 5.56 Å². The molecule has 106 valence electrons. The lowest BCUT2D eigenvalue weighted by Crippen LogP contribution is -2.27. The van der Waals surface area contributed by atoms with Gasteiger partial charge in [0.1, 0.15) is 0 Å². The van der Waals surface area contributed by atoms with E-state index in [1.54, 1.807) is 24.3 Å². The maximum Gasteiger partial charge on any atom is 0.238 e. The number of nitrogens with one attached hydrogen (secondary N) is 2. The van der Waals surface area contributed by atoms with Crippen molar-refractivity contribution in [1.29, 1.82) is 5.26 Å². The molecule has 0 unspecified atom stereocenters. The first-order chi connectivity index (χ1) is 10.2. The fraction of sp³-hybridized carbons (Fsp3) is 0.176. The minimum atomic E-state index is -0.105. The number of aryl methyl sites for hydroxylation is 1. The summed E-state index contributed by atoms with van der Waals surface area (Å²) in [5.74, 6) is -0.105. The molecule has 0 spiro atoms. The van der Waals surface area contributed by atoms with E-state index in [1.807, 2.05) is 37.3 Å². The summed E-state index contributed by atoms with van der Waals surface area (Å²) in [5.41, 5.74) is 3.63. The number of benzene rings is 2. The number of rotatable bonds is 5. The Balaban J connectivity index is 1.76. The summed E-state index contributed by atoms with van der Waals surface area (Å²) in [5, 5.41) is 14.6. The van der Waals surface area contributed by atoms with Gasteiger partial charge in [0.05, 0.1) is 18.2 Å². The number of hydrogen-bond acceptors (Lipinski definition) is 3. The highest BCUT2D eigenvalue weighted by Crippen LogP contribution is 2.08. The number of anilines is 1. The highest BCUT2D eigenvalue weighted by Gasteiger charge is 2.02. The van der Waals surface area contributed by atoms with Crippen molar-refractivity contribution in [3.63, 3.8) is 0 Å². The zero-order chi connectivity index (χ0) is 15.1. The van der Waals surface area contributed by atoms with E-state index in [0.29, 0.717) is 17.8 Å². The second-order valence-electron chi connectivity index (χ2n) is 4.83. The fourth-order valence-electron chi connectivity index (χ4n) is 1.86. The van der Waals surface area contributed by atoms with Gasteiger partial charge in [0.15, 0.2) is 0 Å². The number of carbonyl (C=O) groups is 1. The molecular formula is C17H17N3O. The molecule has 4 heteroatoms. The van der Waals surface area contributed by atoms with Gasteiger partial charge in [-0.2, -0.15) is 5.26 Å². The highest BCUT2D eigenvalue weighted by molar-refractivity contribution is 5.92. The van der Waals surface area contributed by atoms with E-state index in [1.165, 1.54) is 5.56 Å². The van der Waals surface area contributed by atoms with Gasteiger partial charge in [-0.05, 0) is 36.8 Å². The number of nitriles is 1. The average molecular weight is 279 g/mol. The monoisotopic (exact) mass is 279 g/mol. The first-order valence-electron chi connectivity index (χ1n) is 6.73. The Bertz CT molecular complexity index is 639. The van der Waals surface area contributed by atoms with E-state index in [9.17, 15) is 4.79 Å². The second kappa shape index (κ2) is 7.22. The van der Waals surface area contributed by atoms with Crippen LogP contribution in [0.2, 0.25) is 0 Å². The molecule has 0 radical (unpaired) electrons. The van der Waals surface area contributed by atoms with Gasteiger partial charge in [0, 0.05) is 12.2 Å². The molecule has 0 atom stereocenters. The van der Waals surface area contributed by atoms with Crippen LogP contribution in [-0.4, -0.2) is 12.5 Å². The molecule has 0 aliphatic rings. The number of hydrogen-bond donors (Lipinski definition) is 2. The average Bonchev–Trinajstić information content (AvgIpc) is 2.50. The van der Waals surface area contributed by atoms with Crippen LogP contribution in [0.3, 0.4) is 0 Å². The van der Waals surface area contributed by atoms with Crippen LogP contribution in [0.5, 0.6) is 0 Å². The number of carbonyl (C=O) groups excluding carboxylic acids is 1. The van der Waals surface area contributed by atoms with Crippen LogP contribution in [0, 0.1) is 18.3 Å². The standard InChI is InChI=1S/C17H17N3O/c1-13-2-4-15(5-3-13)11-19-12-17(21)20-16-8-6-14(10-18)7-9-16/h2-9,19H,11-12H2,1H3,(H,20,21). The van der Waals surface area contributed by atoms with E-state index < -0.39 is 0 Å². The van der Waals surface area contributed by atoms with Crippen molar-refractivity contribution in [2.75, 3.05) is 11.9 Å². The van der Waals surface area contributed by atoms with Crippen LogP contribution in [0.25, 0.3) is 0 Å². The topological polar surface area (TPSA) is 64.9 Å². The molecule has 21 heavy (non-hydrogen) atoms. The van der Waals surface area contributed by atoms with Gasteiger partial charge in [0.25, 0.3) is 0 Å². The Kier molecular flexibility index (Phi) is 5.08. The predicted octanol–water partition coefficient (Wildman–Crippen LogP) is 2.60. The molecule has 2 aromatic rings. The Hall–Kier alpha value is -2.64. The molecule has 2 aromatic carbocycles. The van der Waals surface area contributed by atoms with Crippen LogP contribution in [0.4, 0.5) is 5.69 Å². The van der Waals surface area contributed by atoms with E-state index in [4.69, 9.17) is 5.26 Å². The van der Waals surface area contributed by atoms with Gasteiger partial charge in [-0.1, -0.05) is 29.8 Å². The molecule has 1 amide bonds. The van der Waals surface area contributed by atoms with Crippen molar-refractivity contribution in [1.82, 2.24) is 5.32 Å². The molecule has 0 saturated heterocycles. The zero-order valence-corrected chi connectivity index (χ0v) is 11.9. The molecule has 0 aliphatic carbocycles. The summed E-state index contributed by atoms with van der Waals surface area (Å²) in [4.78, 5) is 11.8. The molecular weight excluding hydrogens is 262 g/mol. The van der Waals surface area contributed by atoms with Gasteiger partial charge in [0.2, 0.25) is 5.91 Å². The molecule has 0 heterocycles. The Morgan fingerprint density at radius 2 is 1.76 bits per heavy atom. The third-order valence-electron chi connectivity index (χ3n) is 3.03. The zero-order valence-electron chi connectivity index (χ0n) is 11.9. The van der Waals surface area contributed by atoms with Crippen LogP contribution in [0.1, 0.15) is 16.7 Å². The summed E-state index contributed by atoms with van der Waals surface area (Å²) in [6.07, 6.45) is 0. The van der Waals surface area contributed by atoms with E-state index >= 15 is 0 Å². The predicted molar refractivity (Wildman–Crippen MR) is 82.7 cm³/mol. The lowest BCUT2D eigenvalue weighted by atomic mass is 10.1. The lowest BCUT2D eigenvalue weighted by Gasteiger charge is -2.07. The maximum absolute atomic E-state index is 11.8. The summed E-state index contributed by atoms with van der Waals surface area (Å²) in [6.45, 7) is 2.94. The van der Waals surface area contributed by atoms with E-state index in [-0.39, 0.29) is 12.5 Å². The van der Waals surface area contributed by atoms with Crippen molar-refractivity contribution >= 4 is 11.6 Å². The summed E-state index contributed by atoms with van der Waals surface area (Å²) in [7, 11) is 0. The summed E-state index contributed by atoms with van der Waals surface area (Å²) < 4.78 is 0. The Morgan fingerprint density at radius 3 is 2.38 bits per heavy atom. The number of amides is 1. The molecule has 0 bridgehead atoms. The van der Waals surface area contributed by atoms with Crippen molar-refractivity contribution in [3.8, 4) is 6.07 Å². The molecule has 0 aromatic heterocycles. The first kappa shape index (κ1) is 14.8. The molecule has 0 saturated carbocycles. The Morgan fingerprint density at radius 1 is 1.10 bits per heavy atom. The largest absolute Gasteiger partial charge is 0.325 e. The normalized spacial score (nSPS) is 9.90. The van der Waals surface area contributed by atoms with Crippen molar-refractivity contribution in [2.45, 2.75) is 13.5 Å². The van der Waals surface area contributed by atoms with Crippen LogP contribution in [-0.2, 0) is 11.3 Å². The Labute approximate surface area is 124 Å². The van der Waals surface area contributed by atoms with Crippen LogP contribution in [0.15, 0.2) is 48.5 Å². The summed E-state index contributed by atoms with van der Waals surface area (Å²) in [6, 6.07) is 17.0. The summed E-state index contributed by atoms with van der Waals surface area (Å²) >= 11 is 0. The molecule has 2 rings (SSSR count). The van der Waals surface area contributed by atoms with Crippen molar-refractivity contribution < 1.29 is 4.79 Å².